The number of rotatable bonds is 6. The number of nitrogens with one attached hydrogen (secondary N) is 2. The van der Waals surface area contributed by atoms with E-state index in [-0.39, 0.29) is 0 Å². The maximum Gasteiger partial charge on any atom is 0.411 e. The summed E-state index contributed by atoms with van der Waals surface area (Å²) in [6.45, 7) is 0.443. The predicted octanol–water partition coefficient (Wildman–Crippen LogP) is 4.35. The molecule has 0 spiro atoms. The minimum Gasteiger partial charge on any atom is -0.449 e. The number of hydroxylamine groups is 1. The van der Waals surface area contributed by atoms with Gasteiger partial charge < -0.3 is 4.74 Å². The van der Waals surface area contributed by atoms with Gasteiger partial charge in [-0.1, -0.05) is 0 Å². The molecule has 27 heavy (non-hydrogen) atoms. The zero-order chi connectivity index (χ0) is 18.9. The minimum absolute atomic E-state index is 0.312. The van der Waals surface area contributed by atoms with Crippen molar-refractivity contribution < 1.29 is 19.5 Å². The van der Waals surface area contributed by atoms with Gasteiger partial charge in [0.15, 0.2) is 0 Å². The molecule has 6 heteroatoms. The van der Waals surface area contributed by atoms with Gasteiger partial charge in [0.2, 0.25) is 0 Å². The van der Waals surface area contributed by atoms with Crippen LogP contribution >= 0.6 is 0 Å². The first-order valence-electron chi connectivity index (χ1n) is 10.0. The third kappa shape index (κ3) is 4.10. The van der Waals surface area contributed by atoms with Crippen LogP contribution in [0.3, 0.4) is 0 Å². The van der Waals surface area contributed by atoms with E-state index in [9.17, 15) is 9.59 Å². The quantitative estimate of drug-likeness (QED) is 0.393. The number of anilines is 1. The van der Waals surface area contributed by atoms with Crippen molar-refractivity contribution >= 4 is 17.7 Å². The Morgan fingerprint density at radius 3 is 2.19 bits per heavy atom. The number of hydrogen-bond acceptors (Lipinski definition) is 4. The van der Waals surface area contributed by atoms with Crippen LogP contribution in [0.5, 0.6) is 0 Å². The minimum atomic E-state index is -0.589. The Balaban J connectivity index is 1.19. The molecule has 0 aliphatic heterocycles. The maximum absolute atomic E-state index is 12.0. The molecule has 0 aromatic heterocycles. The molecule has 1 aromatic rings. The van der Waals surface area contributed by atoms with Gasteiger partial charge in [-0.05, 0) is 98.8 Å². The van der Waals surface area contributed by atoms with Gasteiger partial charge in [-0.25, -0.2) is 10.3 Å². The second kappa shape index (κ2) is 7.50. The van der Waals surface area contributed by atoms with Crippen LogP contribution in [0.25, 0.3) is 0 Å². The molecule has 1 aromatic carbocycles. The van der Waals surface area contributed by atoms with Crippen molar-refractivity contribution in [3.05, 3.63) is 29.8 Å². The van der Waals surface area contributed by atoms with Crippen molar-refractivity contribution in [3.8, 4) is 0 Å². The fourth-order valence-corrected chi connectivity index (χ4v) is 6.13. The highest BCUT2D eigenvalue weighted by Gasteiger charge is 2.50. The van der Waals surface area contributed by atoms with E-state index in [1.807, 2.05) is 0 Å². The number of carbonyl (C=O) groups excluding carboxylic acids is 2. The van der Waals surface area contributed by atoms with Crippen LogP contribution < -0.4 is 10.8 Å². The van der Waals surface area contributed by atoms with E-state index in [4.69, 9.17) is 9.94 Å². The maximum atomic E-state index is 12.0. The Labute approximate surface area is 159 Å². The van der Waals surface area contributed by atoms with E-state index in [2.05, 4.69) is 5.32 Å². The second-order valence-electron chi connectivity index (χ2n) is 8.80. The van der Waals surface area contributed by atoms with E-state index < -0.39 is 12.0 Å². The first-order chi connectivity index (χ1) is 13.0. The van der Waals surface area contributed by atoms with Crippen molar-refractivity contribution in [2.75, 3.05) is 11.9 Å². The summed E-state index contributed by atoms with van der Waals surface area (Å²) in [5.41, 5.74) is 2.96. The van der Waals surface area contributed by atoms with Gasteiger partial charge in [0.25, 0.3) is 5.91 Å². The third-order valence-electron chi connectivity index (χ3n) is 6.74. The molecule has 4 aliphatic rings. The highest BCUT2D eigenvalue weighted by molar-refractivity contribution is 5.94. The molecule has 4 fully saturated rings. The topological polar surface area (TPSA) is 87.7 Å². The van der Waals surface area contributed by atoms with Crippen LogP contribution in [0.1, 0.15) is 61.7 Å². The Hall–Kier alpha value is -2.08. The average molecular weight is 372 g/mol. The number of ether oxygens (including phenoxy) is 1. The third-order valence-corrected chi connectivity index (χ3v) is 6.74. The Kier molecular flexibility index (Phi) is 5.08. The first-order valence-corrected chi connectivity index (χ1v) is 10.0. The van der Waals surface area contributed by atoms with Gasteiger partial charge in [-0.2, -0.15) is 0 Å². The lowest BCUT2D eigenvalue weighted by atomic mass is 9.48. The Bertz CT molecular complexity index is 665. The Morgan fingerprint density at radius 2 is 1.63 bits per heavy atom. The highest BCUT2D eigenvalue weighted by Crippen LogP contribution is 2.61. The molecule has 5 rings (SSSR count). The lowest BCUT2D eigenvalue weighted by Crippen LogP contribution is -2.46. The van der Waals surface area contributed by atoms with E-state index in [1.165, 1.54) is 57.1 Å². The zero-order valence-electron chi connectivity index (χ0n) is 15.6. The highest BCUT2D eigenvalue weighted by atomic mass is 16.5. The van der Waals surface area contributed by atoms with Gasteiger partial charge in [0, 0.05) is 11.3 Å². The van der Waals surface area contributed by atoms with E-state index in [0.29, 0.717) is 23.3 Å². The standard InChI is InChI=1S/C21H28N2O4/c24-19(23-26)17-2-4-18(5-3-17)22-20(25)27-7-1-6-21-11-14-8-15(12-21)10-16(9-14)13-21/h2-5,14-16,26H,1,6-13H2,(H,22,25)(H,23,24). The molecule has 0 heterocycles. The van der Waals surface area contributed by atoms with Crippen molar-refractivity contribution in [2.24, 2.45) is 23.2 Å². The molecule has 146 valence electrons. The van der Waals surface area contributed by atoms with Crippen LogP contribution in [0.2, 0.25) is 0 Å². The molecule has 2 amide bonds. The van der Waals surface area contributed by atoms with Crippen molar-refractivity contribution in [2.45, 2.75) is 51.4 Å². The molecule has 4 saturated carbocycles. The van der Waals surface area contributed by atoms with Crippen LogP contribution in [0.15, 0.2) is 24.3 Å². The molecule has 0 atom stereocenters. The molecule has 0 unspecified atom stereocenters. The predicted molar refractivity (Wildman–Crippen MR) is 101 cm³/mol. The van der Waals surface area contributed by atoms with Crippen molar-refractivity contribution in [1.29, 1.82) is 0 Å². The number of amides is 2. The molecular formula is C21H28N2O4. The van der Waals surface area contributed by atoms with Gasteiger partial charge in [0.05, 0.1) is 6.61 Å². The number of benzene rings is 1. The molecule has 4 aliphatic carbocycles. The average Bonchev–Trinajstić information content (AvgIpc) is 2.64. The summed E-state index contributed by atoms with van der Waals surface area (Å²) in [5, 5.41) is 11.3. The van der Waals surface area contributed by atoms with Gasteiger partial charge in [0.1, 0.15) is 0 Å². The van der Waals surface area contributed by atoms with Crippen LogP contribution in [0, 0.1) is 23.2 Å². The summed E-state index contributed by atoms with van der Waals surface area (Å²) in [5.74, 6) is 2.28. The molecule has 6 nitrogen and oxygen atoms in total. The van der Waals surface area contributed by atoms with E-state index >= 15 is 0 Å². The largest absolute Gasteiger partial charge is 0.449 e. The SMILES string of the molecule is O=C(Nc1ccc(C(=O)NO)cc1)OCCCC12CC3CC(CC(C3)C1)C2. The molecule has 4 bridgehead atoms. The van der Waals surface area contributed by atoms with E-state index in [0.717, 1.165) is 24.2 Å². The van der Waals surface area contributed by atoms with Gasteiger partial charge in [-0.15, -0.1) is 0 Å². The molecule has 0 saturated heterocycles. The zero-order valence-corrected chi connectivity index (χ0v) is 15.6. The monoisotopic (exact) mass is 372 g/mol. The molecule has 3 N–H and O–H groups in total. The normalized spacial score (nSPS) is 30.8. The number of hydrogen-bond donors (Lipinski definition) is 3. The van der Waals surface area contributed by atoms with E-state index in [1.54, 1.807) is 17.6 Å². The molecular weight excluding hydrogens is 344 g/mol. The van der Waals surface area contributed by atoms with Crippen molar-refractivity contribution in [1.82, 2.24) is 5.48 Å². The fourth-order valence-electron chi connectivity index (χ4n) is 6.13. The Morgan fingerprint density at radius 1 is 1.04 bits per heavy atom. The van der Waals surface area contributed by atoms with Crippen molar-refractivity contribution in [3.63, 3.8) is 0 Å². The van der Waals surface area contributed by atoms with Crippen LogP contribution in [-0.2, 0) is 4.74 Å². The first kappa shape index (κ1) is 18.3. The van der Waals surface area contributed by atoms with Gasteiger partial charge >= 0.3 is 6.09 Å². The number of carbonyl (C=O) groups is 2. The summed E-state index contributed by atoms with van der Waals surface area (Å²) in [4.78, 5) is 23.2. The lowest BCUT2D eigenvalue weighted by molar-refractivity contribution is -0.0597. The summed E-state index contributed by atoms with van der Waals surface area (Å²) >= 11 is 0. The lowest BCUT2D eigenvalue weighted by Gasteiger charge is -2.57. The second-order valence-corrected chi connectivity index (χ2v) is 8.80. The summed E-state index contributed by atoms with van der Waals surface area (Å²) in [7, 11) is 0. The summed E-state index contributed by atoms with van der Waals surface area (Å²) in [6.07, 6.45) is 10.2. The fraction of sp³-hybridized carbons (Fsp3) is 0.619. The summed E-state index contributed by atoms with van der Waals surface area (Å²) < 4.78 is 5.34. The summed E-state index contributed by atoms with van der Waals surface area (Å²) in [6, 6.07) is 6.24. The van der Waals surface area contributed by atoms with Crippen LogP contribution in [-0.4, -0.2) is 23.8 Å². The van der Waals surface area contributed by atoms with Gasteiger partial charge in [-0.3, -0.25) is 15.3 Å². The molecule has 0 radical (unpaired) electrons. The van der Waals surface area contributed by atoms with Crippen LogP contribution in [0.4, 0.5) is 10.5 Å². The smallest absolute Gasteiger partial charge is 0.411 e.